The molecule has 0 aliphatic carbocycles. The van der Waals surface area contributed by atoms with Gasteiger partial charge in [-0.2, -0.15) is 0 Å². The molecule has 0 spiro atoms. The van der Waals surface area contributed by atoms with Gasteiger partial charge in [0.05, 0.1) is 17.7 Å². The normalized spacial score (nSPS) is 10.4. The quantitative estimate of drug-likeness (QED) is 0.462. The molecule has 21 heavy (non-hydrogen) atoms. The van der Waals surface area contributed by atoms with Crippen LogP contribution in [-0.2, 0) is 6.54 Å². The van der Waals surface area contributed by atoms with E-state index in [0.29, 0.717) is 24.3 Å². The molecule has 0 N–H and O–H groups in total. The molecule has 1 heterocycles. The number of carbonyl (C=O) groups is 1. The Morgan fingerprint density at radius 2 is 2.14 bits per heavy atom. The molecule has 0 aliphatic rings. The van der Waals surface area contributed by atoms with Gasteiger partial charge in [0.15, 0.2) is 5.78 Å². The summed E-state index contributed by atoms with van der Waals surface area (Å²) in [6, 6.07) is 7.99. The summed E-state index contributed by atoms with van der Waals surface area (Å²) in [6.45, 7) is 4.51. The third kappa shape index (κ3) is 3.28. The number of anilines is 1. The van der Waals surface area contributed by atoms with Crippen molar-refractivity contribution in [2.24, 2.45) is 0 Å². The Morgan fingerprint density at radius 1 is 1.38 bits per heavy atom. The highest BCUT2D eigenvalue weighted by atomic mass is 16.6. The van der Waals surface area contributed by atoms with Gasteiger partial charge in [-0.15, -0.1) is 0 Å². The number of carbonyl (C=O) groups excluding carboxylic acids is 1. The van der Waals surface area contributed by atoms with Gasteiger partial charge >= 0.3 is 0 Å². The van der Waals surface area contributed by atoms with E-state index in [1.165, 1.54) is 19.1 Å². The number of furan rings is 1. The fourth-order valence-electron chi connectivity index (χ4n) is 2.15. The number of benzene rings is 1. The second kappa shape index (κ2) is 6.21. The van der Waals surface area contributed by atoms with Gasteiger partial charge in [-0.05, 0) is 32.0 Å². The van der Waals surface area contributed by atoms with Gasteiger partial charge in [0, 0.05) is 29.9 Å². The van der Waals surface area contributed by atoms with Crippen LogP contribution >= 0.6 is 0 Å². The number of non-ortho nitro benzene ring substituents is 1. The third-order valence-corrected chi connectivity index (χ3v) is 3.22. The van der Waals surface area contributed by atoms with Crippen LogP contribution < -0.4 is 4.90 Å². The minimum absolute atomic E-state index is 0.0852. The molecule has 2 aromatic rings. The molecule has 0 atom stereocenters. The van der Waals surface area contributed by atoms with Crippen molar-refractivity contribution in [3.05, 3.63) is 58.0 Å². The van der Waals surface area contributed by atoms with Gasteiger partial charge in [0.1, 0.15) is 5.76 Å². The third-order valence-electron chi connectivity index (χ3n) is 3.22. The summed E-state index contributed by atoms with van der Waals surface area (Å²) >= 11 is 0. The molecule has 0 radical (unpaired) electrons. The molecule has 2 rings (SSSR count). The zero-order valence-electron chi connectivity index (χ0n) is 11.9. The summed E-state index contributed by atoms with van der Waals surface area (Å²) in [7, 11) is 0. The highest BCUT2D eigenvalue weighted by molar-refractivity contribution is 6.00. The molecular formula is C15H16N2O4. The zero-order chi connectivity index (χ0) is 15.4. The number of nitro benzene ring substituents is 1. The lowest BCUT2D eigenvalue weighted by atomic mass is 10.1. The number of ketones is 1. The zero-order valence-corrected chi connectivity index (χ0v) is 11.9. The van der Waals surface area contributed by atoms with E-state index in [-0.39, 0.29) is 11.5 Å². The highest BCUT2D eigenvalue weighted by Gasteiger charge is 2.18. The van der Waals surface area contributed by atoms with Crippen molar-refractivity contribution in [3.8, 4) is 0 Å². The molecule has 0 aliphatic heterocycles. The van der Waals surface area contributed by atoms with E-state index in [2.05, 4.69) is 0 Å². The van der Waals surface area contributed by atoms with Crippen LogP contribution in [0.2, 0.25) is 0 Å². The summed E-state index contributed by atoms with van der Waals surface area (Å²) in [5, 5.41) is 10.8. The van der Waals surface area contributed by atoms with E-state index >= 15 is 0 Å². The maximum atomic E-state index is 11.8. The Balaban J connectivity index is 2.40. The number of nitro groups is 1. The summed E-state index contributed by atoms with van der Waals surface area (Å²) in [4.78, 5) is 24.1. The number of Topliss-reactive ketones (excluding diaryl/α,β-unsaturated/α-hetero) is 1. The molecule has 6 heteroatoms. The molecular weight excluding hydrogens is 272 g/mol. The minimum Gasteiger partial charge on any atom is -0.467 e. The fourth-order valence-corrected chi connectivity index (χ4v) is 2.15. The van der Waals surface area contributed by atoms with Crippen molar-refractivity contribution in [3.63, 3.8) is 0 Å². The van der Waals surface area contributed by atoms with Crippen molar-refractivity contribution < 1.29 is 14.1 Å². The lowest BCUT2D eigenvalue weighted by Crippen LogP contribution is -2.23. The smallest absolute Gasteiger partial charge is 0.270 e. The number of nitrogens with zero attached hydrogens (tertiary/aromatic N) is 2. The van der Waals surface area contributed by atoms with Gasteiger partial charge in [0.25, 0.3) is 5.69 Å². The Bertz CT molecular complexity index is 650. The van der Waals surface area contributed by atoms with E-state index in [9.17, 15) is 14.9 Å². The van der Waals surface area contributed by atoms with E-state index in [1.807, 2.05) is 17.9 Å². The molecule has 110 valence electrons. The average molecular weight is 288 g/mol. The van der Waals surface area contributed by atoms with Gasteiger partial charge < -0.3 is 9.32 Å². The second-order valence-corrected chi connectivity index (χ2v) is 4.61. The number of hydrogen-bond acceptors (Lipinski definition) is 5. The standard InChI is InChI=1S/C15H16N2O4/c1-3-16(10-13-5-4-8-21-13)15-7-6-12(17(19)20)9-14(15)11(2)18/h4-9H,3,10H2,1-2H3. The first-order chi connectivity index (χ1) is 10.0. The Kier molecular flexibility index (Phi) is 4.37. The van der Waals surface area contributed by atoms with E-state index in [4.69, 9.17) is 4.42 Å². The Labute approximate surface area is 122 Å². The molecule has 0 saturated carbocycles. The average Bonchev–Trinajstić information content (AvgIpc) is 2.97. The number of rotatable bonds is 6. The molecule has 0 saturated heterocycles. The van der Waals surface area contributed by atoms with Crippen LogP contribution in [0.4, 0.5) is 11.4 Å². The molecule has 0 amide bonds. The largest absolute Gasteiger partial charge is 0.467 e. The first-order valence-electron chi connectivity index (χ1n) is 6.59. The van der Waals surface area contributed by atoms with Crippen LogP contribution in [0.15, 0.2) is 41.0 Å². The molecule has 1 aromatic heterocycles. The monoisotopic (exact) mass is 288 g/mol. The van der Waals surface area contributed by atoms with Gasteiger partial charge in [-0.25, -0.2) is 0 Å². The van der Waals surface area contributed by atoms with Crippen LogP contribution in [0.5, 0.6) is 0 Å². The van der Waals surface area contributed by atoms with Gasteiger partial charge in [-0.3, -0.25) is 14.9 Å². The second-order valence-electron chi connectivity index (χ2n) is 4.61. The van der Waals surface area contributed by atoms with Crippen molar-refractivity contribution in [1.29, 1.82) is 0 Å². The van der Waals surface area contributed by atoms with Crippen LogP contribution in [0.25, 0.3) is 0 Å². The Morgan fingerprint density at radius 3 is 2.67 bits per heavy atom. The van der Waals surface area contributed by atoms with Crippen molar-refractivity contribution in [2.75, 3.05) is 11.4 Å². The summed E-state index contributed by atoms with van der Waals surface area (Å²) in [6.07, 6.45) is 1.59. The summed E-state index contributed by atoms with van der Waals surface area (Å²) in [5.74, 6) is 0.566. The lowest BCUT2D eigenvalue weighted by molar-refractivity contribution is -0.384. The summed E-state index contributed by atoms with van der Waals surface area (Å²) in [5.41, 5.74) is 0.933. The van der Waals surface area contributed by atoms with E-state index in [1.54, 1.807) is 18.4 Å². The maximum absolute atomic E-state index is 11.8. The molecule has 1 aromatic carbocycles. The van der Waals surface area contributed by atoms with Crippen molar-refractivity contribution >= 4 is 17.2 Å². The lowest BCUT2D eigenvalue weighted by Gasteiger charge is -2.24. The van der Waals surface area contributed by atoms with Crippen LogP contribution in [0.3, 0.4) is 0 Å². The highest BCUT2D eigenvalue weighted by Crippen LogP contribution is 2.27. The first-order valence-corrected chi connectivity index (χ1v) is 6.59. The van der Waals surface area contributed by atoms with Gasteiger partial charge in [-0.1, -0.05) is 0 Å². The maximum Gasteiger partial charge on any atom is 0.270 e. The van der Waals surface area contributed by atoms with Crippen molar-refractivity contribution in [1.82, 2.24) is 0 Å². The van der Waals surface area contributed by atoms with Crippen LogP contribution in [0.1, 0.15) is 30.0 Å². The molecule has 0 unspecified atom stereocenters. The van der Waals surface area contributed by atoms with E-state index in [0.717, 1.165) is 5.76 Å². The molecule has 0 bridgehead atoms. The van der Waals surface area contributed by atoms with E-state index < -0.39 is 4.92 Å². The van der Waals surface area contributed by atoms with Gasteiger partial charge in [0.2, 0.25) is 0 Å². The van der Waals surface area contributed by atoms with Crippen LogP contribution in [-0.4, -0.2) is 17.3 Å². The topological polar surface area (TPSA) is 76.6 Å². The minimum atomic E-state index is -0.501. The summed E-state index contributed by atoms with van der Waals surface area (Å²) < 4.78 is 5.31. The number of hydrogen-bond donors (Lipinski definition) is 0. The van der Waals surface area contributed by atoms with Crippen LogP contribution in [0, 0.1) is 10.1 Å². The predicted molar refractivity (Wildman–Crippen MR) is 78.5 cm³/mol. The SMILES string of the molecule is CCN(Cc1ccco1)c1ccc([N+](=O)[O-])cc1C(C)=O. The van der Waals surface area contributed by atoms with Crippen molar-refractivity contribution in [2.45, 2.75) is 20.4 Å². The molecule has 0 fully saturated rings. The predicted octanol–water partition coefficient (Wildman–Crippen LogP) is 3.42. The Hall–Kier alpha value is -2.63. The molecule has 6 nitrogen and oxygen atoms in total. The fraction of sp³-hybridized carbons (Fsp3) is 0.267. The first kappa shape index (κ1) is 14.8.